The lowest BCUT2D eigenvalue weighted by atomic mass is 10.1. The molecule has 0 saturated carbocycles. The van der Waals surface area contributed by atoms with Crippen molar-refractivity contribution in [1.82, 2.24) is 10.3 Å². The Morgan fingerprint density at radius 3 is 2.68 bits per heavy atom. The number of hydrogen-bond donors (Lipinski definition) is 2. The third-order valence-corrected chi connectivity index (χ3v) is 4.20. The van der Waals surface area contributed by atoms with E-state index in [4.69, 9.17) is 0 Å². The van der Waals surface area contributed by atoms with Crippen molar-refractivity contribution in [2.75, 3.05) is 6.54 Å². The van der Waals surface area contributed by atoms with E-state index in [1.165, 1.54) is 5.56 Å². The zero-order valence-corrected chi connectivity index (χ0v) is 13.7. The molecule has 22 heavy (non-hydrogen) atoms. The van der Waals surface area contributed by atoms with Gasteiger partial charge in [0.25, 0.3) is 0 Å². The smallest absolute Gasteiger partial charge is 0.224 e. The molecule has 2 aromatic carbocycles. The predicted octanol–water partition coefficient (Wildman–Crippen LogP) is 3.83. The van der Waals surface area contributed by atoms with Crippen molar-refractivity contribution in [1.29, 1.82) is 0 Å². The second-order valence-corrected chi connectivity index (χ2v) is 6.18. The van der Waals surface area contributed by atoms with Crippen molar-refractivity contribution in [2.45, 2.75) is 12.8 Å². The number of aromatic amines is 1. The summed E-state index contributed by atoms with van der Waals surface area (Å²) in [6.07, 6.45) is 3.16. The van der Waals surface area contributed by atoms with Gasteiger partial charge in [-0.25, -0.2) is 0 Å². The molecule has 0 aliphatic rings. The molecule has 3 rings (SSSR count). The molecule has 0 aliphatic heterocycles. The Hall–Kier alpha value is -2.07. The first kappa shape index (κ1) is 14.9. The summed E-state index contributed by atoms with van der Waals surface area (Å²) in [4.78, 5) is 15.3. The molecule has 0 bridgehead atoms. The van der Waals surface area contributed by atoms with Crippen molar-refractivity contribution in [3.05, 3.63) is 70.3 Å². The van der Waals surface area contributed by atoms with Crippen LogP contribution in [0, 0.1) is 0 Å². The number of nitrogens with one attached hydrogen (secondary N) is 2. The number of benzene rings is 2. The largest absolute Gasteiger partial charge is 0.361 e. The fraction of sp³-hybridized carbons (Fsp3) is 0.167. The first-order chi connectivity index (χ1) is 10.7. The average molecular weight is 357 g/mol. The van der Waals surface area contributed by atoms with Crippen LogP contribution in [0.15, 0.2) is 59.2 Å². The van der Waals surface area contributed by atoms with E-state index in [-0.39, 0.29) is 5.91 Å². The van der Waals surface area contributed by atoms with Crippen molar-refractivity contribution in [3.63, 3.8) is 0 Å². The van der Waals surface area contributed by atoms with Gasteiger partial charge in [-0.05, 0) is 35.7 Å². The minimum Gasteiger partial charge on any atom is -0.361 e. The average Bonchev–Trinajstić information content (AvgIpc) is 2.93. The number of rotatable bonds is 5. The summed E-state index contributed by atoms with van der Waals surface area (Å²) in [5.41, 5.74) is 3.33. The van der Waals surface area contributed by atoms with Gasteiger partial charge in [0.05, 0.1) is 6.42 Å². The molecule has 0 atom stereocenters. The van der Waals surface area contributed by atoms with Crippen LogP contribution >= 0.6 is 15.9 Å². The molecule has 0 fully saturated rings. The Morgan fingerprint density at radius 2 is 1.86 bits per heavy atom. The van der Waals surface area contributed by atoms with E-state index in [0.717, 1.165) is 27.4 Å². The van der Waals surface area contributed by atoms with Gasteiger partial charge in [-0.3, -0.25) is 4.79 Å². The van der Waals surface area contributed by atoms with Crippen LogP contribution in [0.1, 0.15) is 11.1 Å². The first-order valence-electron chi connectivity index (χ1n) is 7.28. The summed E-state index contributed by atoms with van der Waals surface area (Å²) in [7, 11) is 0. The van der Waals surface area contributed by atoms with Crippen LogP contribution < -0.4 is 5.32 Å². The van der Waals surface area contributed by atoms with E-state index in [1.54, 1.807) is 0 Å². The standard InChI is InChI=1S/C18H17BrN2O/c19-15-7-5-13(6-8-15)9-10-20-18(22)11-14-12-21-17-4-2-1-3-16(14)17/h1-8,12,21H,9-11H2,(H,20,22). The van der Waals surface area contributed by atoms with E-state index < -0.39 is 0 Å². The number of para-hydroxylation sites is 1. The SMILES string of the molecule is O=C(Cc1c[nH]c2ccccc12)NCCc1ccc(Br)cc1. The number of H-pyrrole nitrogens is 1. The molecule has 4 heteroatoms. The highest BCUT2D eigenvalue weighted by molar-refractivity contribution is 9.10. The molecule has 3 nitrogen and oxygen atoms in total. The number of amides is 1. The number of carbonyl (C=O) groups excluding carboxylic acids is 1. The van der Waals surface area contributed by atoms with E-state index in [0.29, 0.717) is 13.0 Å². The highest BCUT2D eigenvalue weighted by atomic mass is 79.9. The molecule has 1 aromatic heterocycles. The van der Waals surface area contributed by atoms with E-state index >= 15 is 0 Å². The quantitative estimate of drug-likeness (QED) is 0.716. The minimum atomic E-state index is 0.0573. The van der Waals surface area contributed by atoms with Crippen molar-refractivity contribution < 1.29 is 4.79 Å². The Kier molecular flexibility index (Phi) is 4.59. The molecule has 3 aromatic rings. The highest BCUT2D eigenvalue weighted by Crippen LogP contribution is 2.18. The Labute approximate surface area is 137 Å². The summed E-state index contributed by atoms with van der Waals surface area (Å²) >= 11 is 3.42. The maximum atomic E-state index is 12.1. The molecule has 2 N–H and O–H groups in total. The van der Waals surface area contributed by atoms with Gasteiger partial charge in [0, 0.05) is 28.1 Å². The maximum Gasteiger partial charge on any atom is 0.224 e. The van der Waals surface area contributed by atoms with Gasteiger partial charge < -0.3 is 10.3 Å². The van der Waals surface area contributed by atoms with E-state index in [9.17, 15) is 4.79 Å². The summed E-state index contributed by atoms with van der Waals surface area (Å²) < 4.78 is 1.07. The van der Waals surface area contributed by atoms with Gasteiger partial charge in [-0.2, -0.15) is 0 Å². The van der Waals surface area contributed by atoms with Crippen LogP contribution in [0.5, 0.6) is 0 Å². The van der Waals surface area contributed by atoms with Gasteiger partial charge in [0.2, 0.25) is 5.91 Å². The first-order valence-corrected chi connectivity index (χ1v) is 8.08. The molecule has 0 saturated heterocycles. The van der Waals surface area contributed by atoms with Gasteiger partial charge in [-0.1, -0.05) is 46.3 Å². The summed E-state index contributed by atoms with van der Waals surface area (Å²) in [6, 6.07) is 16.2. The lowest BCUT2D eigenvalue weighted by molar-refractivity contribution is -0.120. The second kappa shape index (κ2) is 6.79. The van der Waals surface area contributed by atoms with E-state index in [2.05, 4.69) is 38.4 Å². The third-order valence-electron chi connectivity index (χ3n) is 3.68. The maximum absolute atomic E-state index is 12.1. The van der Waals surface area contributed by atoms with E-state index in [1.807, 2.05) is 42.6 Å². The molecule has 0 spiro atoms. The van der Waals surface area contributed by atoms with Gasteiger partial charge in [0.1, 0.15) is 0 Å². The van der Waals surface area contributed by atoms with Crippen molar-refractivity contribution >= 4 is 32.7 Å². The minimum absolute atomic E-state index is 0.0573. The van der Waals surface area contributed by atoms with Crippen LogP contribution in [-0.4, -0.2) is 17.4 Å². The zero-order valence-electron chi connectivity index (χ0n) is 12.1. The second-order valence-electron chi connectivity index (χ2n) is 5.26. The predicted molar refractivity (Wildman–Crippen MR) is 92.9 cm³/mol. The highest BCUT2D eigenvalue weighted by Gasteiger charge is 2.08. The fourth-order valence-corrected chi connectivity index (χ4v) is 2.78. The van der Waals surface area contributed by atoms with Crippen LogP contribution in [-0.2, 0) is 17.6 Å². The zero-order chi connectivity index (χ0) is 15.4. The van der Waals surface area contributed by atoms with Crippen LogP contribution in [0.4, 0.5) is 0 Å². The van der Waals surface area contributed by atoms with Crippen molar-refractivity contribution in [2.24, 2.45) is 0 Å². The normalized spacial score (nSPS) is 10.8. The molecule has 1 heterocycles. The third kappa shape index (κ3) is 3.57. The number of carbonyl (C=O) groups is 1. The molecule has 112 valence electrons. The van der Waals surface area contributed by atoms with Gasteiger partial charge in [0.15, 0.2) is 0 Å². The number of halogens is 1. The van der Waals surface area contributed by atoms with Crippen molar-refractivity contribution in [3.8, 4) is 0 Å². The Bertz CT molecular complexity index is 777. The van der Waals surface area contributed by atoms with Crippen LogP contribution in [0.25, 0.3) is 10.9 Å². The molecular formula is C18H17BrN2O. The molecule has 1 amide bonds. The number of hydrogen-bond acceptors (Lipinski definition) is 1. The van der Waals surface area contributed by atoms with Gasteiger partial charge >= 0.3 is 0 Å². The number of fused-ring (bicyclic) bond motifs is 1. The molecular weight excluding hydrogens is 340 g/mol. The monoisotopic (exact) mass is 356 g/mol. The topological polar surface area (TPSA) is 44.9 Å². The molecule has 0 aliphatic carbocycles. The molecule has 0 radical (unpaired) electrons. The Morgan fingerprint density at radius 1 is 1.09 bits per heavy atom. The summed E-state index contributed by atoms with van der Waals surface area (Å²) in [5.74, 6) is 0.0573. The fourth-order valence-electron chi connectivity index (χ4n) is 2.51. The Balaban J connectivity index is 1.53. The molecule has 0 unspecified atom stereocenters. The lowest BCUT2D eigenvalue weighted by Gasteiger charge is -2.05. The number of aromatic nitrogens is 1. The lowest BCUT2D eigenvalue weighted by Crippen LogP contribution is -2.27. The van der Waals surface area contributed by atoms with Crippen LogP contribution in [0.2, 0.25) is 0 Å². The summed E-state index contributed by atoms with van der Waals surface area (Å²) in [5, 5.41) is 4.10. The van der Waals surface area contributed by atoms with Gasteiger partial charge in [-0.15, -0.1) is 0 Å². The van der Waals surface area contributed by atoms with Crippen LogP contribution in [0.3, 0.4) is 0 Å². The summed E-state index contributed by atoms with van der Waals surface area (Å²) in [6.45, 7) is 0.656.